The number of aliphatic imine (C=N–C) groups is 1. The summed E-state index contributed by atoms with van der Waals surface area (Å²) in [5, 5.41) is 2.64. The zero-order valence-corrected chi connectivity index (χ0v) is 14.1. The molecule has 1 atom stereocenters. The summed E-state index contributed by atoms with van der Waals surface area (Å²) in [5.41, 5.74) is 0.267. The number of ether oxygens (including phenoxy) is 2. The predicted molar refractivity (Wildman–Crippen MR) is 93.8 cm³/mol. The van der Waals surface area contributed by atoms with Crippen molar-refractivity contribution in [2.75, 3.05) is 20.3 Å². The lowest BCUT2D eigenvalue weighted by Crippen LogP contribution is -2.36. The maximum absolute atomic E-state index is 14.1. The summed E-state index contributed by atoms with van der Waals surface area (Å²) in [4.78, 5) is 27.8. The molecule has 0 fully saturated rings. The van der Waals surface area contributed by atoms with Crippen molar-refractivity contribution in [2.24, 2.45) is 10.9 Å². The summed E-state index contributed by atoms with van der Waals surface area (Å²) in [6.45, 7) is 0.375. The first-order valence-corrected chi connectivity index (χ1v) is 8.02. The van der Waals surface area contributed by atoms with Gasteiger partial charge in [0.05, 0.1) is 25.3 Å². The number of hydrogen-bond acceptors (Lipinski definition) is 4. The van der Waals surface area contributed by atoms with Crippen LogP contribution in [0.15, 0.2) is 65.0 Å². The summed E-state index contributed by atoms with van der Waals surface area (Å²) >= 11 is 0. The third-order valence-corrected chi connectivity index (χ3v) is 3.90. The Labute approximate surface area is 149 Å². The number of hydrogen-bond donors (Lipinski definition) is 1. The van der Waals surface area contributed by atoms with Crippen LogP contribution in [-0.2, 0) is 9.59 Å². The lowest BCUT2D eigenvalue weighted by Gasteiger charge is -2.23. The Morgan fingerprint density at radius 3 is 2.85 bits per heavy atom. The van der Waals surface area contributed by atoms with Crippen LogP contribution in [0.25, 0.3) is 0 Å². The molecule has 1 N–H and O–H groups in total. The number of fused-ring (bicyclic) bond motifs is 1. The average Bonchev–Trinajstić information content (AvgIpc) is 2.64. The van der Waals surface area contributed by atoms with Crippen LogP contribution in [0.2, 0.25) is 0 Å². The minimum atomic E-state index is -0.937. The summed E-state index contributed by atoms with van der Waals surface area (Å²) < 4.78 is 24.9. The molecule has 0 radical (unpaired) electrons. The summed E-state index contributed by atoms with van der Waals surface area (Å²) in [6, 6.07) is 7.14. The largest absolute Gasteiger partial charge is 0.493 e. The second-order valence-electron chi connectivity index (χ2n) is 5.57. The van der Waals surface area contributed by atoms with Crippen LogP contribution in [0.3, 0.4) is 0 Å². The number of nitrogens with zero attached hydrogens (tertiary/aromatic N) is 1. The highest BCUT2D eigenvalue weighted by Crippen LogP contribution is 2.30. The Hall–Kier alpha value is -3.22. The van der Waals surface area contributed by atoms with Crippen LogP contribution in [-0.4, -0.2) is 37.8 Å². The molecule has 1 heterocycles. The van der Waals surface area contributed by atoms with E-state index < -0.39 is 23.6 Å². The van der Waals surface area contributed by atoms with E-state index in [1.165, 1.54) is 25.3 Å². The lowest BCUT2D eigenvalue weighted by molar-refractivity contribution is -0.119. The Morgan fingerprint density at radius 1 is 1.31 bits per heavy atom. The third-order valence-electron chi connectivity index (χ3n) is 3.90. The normalized spacial score (nSPS) is 18.3. The van der Waals surface area contributed by atoms with Crippen molar-refractivity contribution in [3.63, 3.8) is 0 Å². The Bertz CT molecular complexity index is 855. The number of methoxy groups -OCH3 is 1. The lowest BCUT2D eigenvalue weighted by atomic mass is 9.86. The molecule has 0 bridgehead atoms. The highest BCUT2D eigenvalue weighted by atomic mass is 19.1. The van der Waals surface area contributed by atoms with Crippen LogP contribution in [0.5, 0.6) is 11.5 Å². The first-order chi connectivity index (χ1) is 12.6. The fraction of sp³-hybridized carbons (Fsp3) is 0.211. The van der Waals surface area contributed by atoms with E-state index in [0.717, 1.165) is 6.08 Å². The number of dihydropyridines is 1. The minimum absolute atomic E-state index is 0.0374. The molecule has 1 aliphatic carbocycles. The van der Waals surface area contributed by atoms with E-state index in [4.69, 9.17) is 9.47 Å². The smallest absolute Gasteiger partial charge is 0.270 e. The quantitative estimate of drug-likeness (QED) is 0.793. The summed E-state index contributed by atoms with van der Waals surface area (Å²) in [7, 11) is 1.54. The molecule has 0 aromatic heterocycles. The van der Waals surface area contributed by atoms with E-state index in [1.54, 1.807) is 18.2 Å². The van der Waals surface area contributed by atoms with E-state index >= 15 is 0 Å². The van der Waals surface area contributed by atoms with Gasteiger partial charge in [-0.05, 0) is 24.3 Å². The zero-order valence-electron chi connectivity index (χ0n) is 14.1. The van der Waals surface area contributed by atoms with Gasteiger partial charge in [-0.2, -0.15) is 0 Å². The maximum atomic E-state index is 14.1. The summed E-state index contributed by atoms with van der Waals surface area (Å²) in [6.07, 6.45) is 5.30. The van der Waals surface area contributed by atoms with Crippen LogP contribution in [0.4, 0.5) is 4.39 Å². The van der Waals surface area contributed by atoms with Crippen LogP contribution >= 0.6 is 0 Å². The molecule has 0 saturated carbocycles. The first kappa shape index (κ1) is 17.6. The van der Waals surface area contributed by atoms with E-state index in [9.17, 15) is 14.0 Å². The van der Waals surface area contributed by atoms with Gasteiger partial charge in [-0.15, -0.1) is 0 Å². The second kappa shape index (κ2) is 7.77. The molecule has 1 aromatic rings. The van der Waals surface area contributed by atoms with E-state index in [1.807, 2.05) is 6.07 Å². The molecule has 6 nitrogen and oxygen atoms in total. The molecule has 0 spiro atoms. The van der Waals surface area contributed by atoms with Crippen molar-refractivity contribution in [1.82, 2.24) is 5.32 Å². The fourth-order valence-electron chi connectivity index (χ4n) is 2.72. The fourth-order valence-corrected chi connectivity index (χ4v) is 2.72. The molecule has 1 unspecified atom stereocenters. The van der Waals surface area contributed by atoms with Crippen molar-refractivity contribution in [2.45, 2.75) is 0 Å². The van der Waals surface area contributed by atoms with Crippen molar-refractivity contribution in [3.05, 3.63) is 60.0 Å². The van der Waals surface area contributed by atoms with Gasteiger partial charge in [0.1, 0.15) is 12.4 Å². The molecule has 134 valence electrons. The molecule has 1 aliphatic heterocycles. The van der Waals surface area contributed by atoms with E-state index in [2.05, 4.69) is 10.3 Å². The van der Waals surface area contributed by atoms with Gasteiger partial charge >= 0.3 is 0 Å². The molecule has 2 aliphatic rings. The van der Waals surface area contributed by atoms with Gasteiger partial charge in [0, 0.05) is 11.6 Å². The molecule has 3 rings (SSSR count). The Morgan fingerprint density at radius 2 is 2.08 bits per heavy atom. The first-order valence-electron chi connectivity index (χ1n) is 8.02. The SMILES string of the molecule is COc1ccccc1OCCNC(=O)C1=CC(=O)N=C2C=CC=C(F)C12. The molecular formula is C19H17FN2O4. The van der Waals surface area contributed by atoms with Crippen molar-refractivity contribution in [1.29, 1.82) is 0 Å². The number of nitrogens with one attached hydrogen (secondary N) is 1. The predicted octanol–water partition coefficient (Wildman–Crippen LogP) is 2.14. The molecule has 2 amide bonds. The number of rotatable bonds is 6. The van der Waals surface area contributed by atoms with Crippen LogP contribution < -0.4 is 14.8 Å². The molecule has 26 heavy (non-hydrogen) atoms. The van der Waals surface area contributed by atoms with Crippen molar-refractivity contribution >= 4 is 17.5 Å². The Balaban J connectivity index is 1.59. The highest BCUT2D eigenvalue weighted by Gasteiger charge is 2.33. The Kier molecular flexibility index (Phi) is 5.26. The number of para-hydroxylation sites is 2. The number of amides is 2. The number of carbonyl (C=O) groups excluding carboxylic acids is 2. The highest BCUT2D eigenvalue weighted by molar-refractivity contribution is 6.18. The van der Waals surface area contributed by atoms with Crippen LogP contribution in [0, 0.1) is 5.92 Å². The average molecular weight is 356 g/mol. The topological polar surface area (TPSA) is 77.0 Å². The van der Waals surface area contributed by atoms with E-state index in [-0.39, 0.29) is 24.4 Å². The van der Waals surface area contributed by atoms with Crippen LogP contribution in [0.1, 0.15) is 0 Å². The van der Waals surface area contributed by atoms with Gasteiger partial charge < -0.3 is 14.8 Å². The maximum Gasteiger partial charge on any atom is 0.270 e. The molecule has 7 heteroatoms. The molecular weight excluding hydrogens is 339 g/mol. The number of halogens is 1. The van der Waals surface area contributed by atoms with Gasteiger partial charge in [0.15, 0.2) is 11.5 Å². The van der Waals surface area contributed by atoms with Crippen molar-refractivity contribution in [3.8, 4) is 11.5 Å². The van der Waals surface area contributed by atoms with Gasteiger partial charge in [-0.25, -0.2) is 9.38 Å². The molecule has 1 aromatic carbocycles. The minimum Gasteiger partial charge on any atom is -0.493 e. The van der Waals surface area contributed by atoms with Gasteiger partial charge in [0.25, 0.3) is 5.91 Å². The van der Waals surface area contributed by atoms with Gasteiger partial charge in [-0.1, -0.05) is 18.2 Å². The zero-order chi connectivity index (χ0) is 18.5. The monoisotopic (exact) mass is 356 g/mol. The summed E-state index contributed by atoms with van der Waals surface area (Å²) in [5.74, 6) is -1.43. The number of allylic oxidation sites excluding steroid dienone is 4. The molecule has 0 saturated heterocycles. The van der Waals surface area contributed by atoms with Gasteiger partial charge in [-0.3, -0.25) is 9.59 Å². The van der Waals surface area contributed by atoms with Gasteiger partial charge in [0.2, 0.25) is 5.91 Å². The van der Waals surface area contributed by atoms with E-state index in [0.29, 0.717) is 11.5 Å². The second-order valence-corrected chi connectivity index (χ2v) is 5.57. The number of benzene rings is 1. The standard InChI is InChI=1S/C19H17FN2O4/c1-25-15-7-2-3-8-16(15)26-10-9-21-19(24)12-11-17(23)22-14-6-4-5-13(20)18(12)14/h2-8,11,18H,9-10H2,1H3,(H,21,24). The van der Waals surface area contributed by atoms with Crippen molar-refractivity contribution < 1.29 is 23.5 Å². The number of carbonyl (C=O) groups is 2. The third kappa shape index (κ3) is 3.72.